The molecule has 4 aromatic rings. The predicted molar refractivity (Wildman–Crippen MR) is 122 cm³/mol. The summed E-state index contributed by atoms with van der Waals surface area (Å²) in [5.74, 6) is -0.579. The quantitative estimate of drug-likeness (QED) is 0.330. The SMILES string of the molecule is CC[S@](=O)c1ccccc1C(=O)OCC(=O)c1c(-c2ccccc2)[nH]c2ccccc12. The fourth-order valence-electron chi connectivity index (χ4n) is 3.52. The van der Waals surface area contributed by atoms with Gasteiger partial charge in [0.15, 0.2) is 6.61 Å². The van der Waals surface area contributed by atoms with Crippen molar-refractivity contribution in [1.82, 2.24) is 4.98 Å². The molecule has 0 saturated carbocycles. The van der Waals surface area contributed by atoms with E-state index in [9.17, 15) is 13.8 Å². The first-order chi connectivity index (χ1) is 15.1. The molecule has 31 heavy (non-hydrogen) atoms. The van der Waals surface area contributed by atoms with Crippen molar-refractivity contribution in [2.24, 2.45) is 0 Å². The van der Waals surface area contributed by atoms with E-state index >= 15 is 0 Å². The van der Waals surface area contributed by atoms with Gasteiger partial charge in [-0.1, -0.05) is 67.6 Å². The van der Waals surface area contributed by atoms with Gasteiger partial charge in [-0.25, -0.2) is 4.79 Å². The number of carbonyl (C=O) groups excluding carboxylic acids is 2. The topological polar surface area (TPSA) is 76.2 Å². The number of H-pyrrole nitrogens is 1. The molecule has 5 nitrogen and oxygen atoms in total. The van der Waals surface area contributed by atoms with Gasteiger partial charge in [-0.3, -0.25) is 9.00 Å². The second-order valence-electron chi connectivity index (χ2n) is 6.92. The third-order valence-electron chi connectivity index (χ3n) is 5.00. The van der Waals surface area contributed by atoms with Gasteiger partial charge in [0.05, 0.1) is 32.5 Å². The zero-order valence-corrected chi connectivity index (χ0v) is 17.8. The van der Waals surface area contributed by atoms with Crippen LogP contribution in [0, 0.1) is 0 Å². The Balaban J connectivity index is 1.63. The number of fused-ring (bicyclic) bond motifs is 1. The molecule has 0 fully saturated rings. The molecule has 0 spiro atoms. The number of ether oxygens (including phenoxy) is 1. The van der Waals surface area contributed by atoms with Crippen LogP contribution in [0.15, 0.2) is 83.8 Å². The number of hydrogen-bond donors (Lipinski definition) is 1. The summed E-state index contributed by atoms with van der Waals surface area (Å²) in [6.45, 7) is 1.37. The van der Waals surface area contributed by atoms with Crippen molar-refractivity contribution in [2.75, 3.05) is 12.4 Å². The summed E-state index contributed by atoms with van der Waals surface area (Å²) in [7, 11) is -1.30. The fraction of sp³-hybridized carbons (Fsp3) is 0.120. The van der Waals surface area contributed by atoms with Gasteiger partial charge in [-0.2, -0.15) is 0 Å². The summed E-state index contributed by atoms with van der Waals surface area (Å²) < 4.78 is 17.6. The van der Waals surface area contributed by atoms with Gasteiger partial charge in [0.25, 0.3) is 0 Å². The van der Waals surface area contributed by atoms with Crippen molar-refractivity contribution in [1.29, 1.82) is 0 Å². The van der Waals surface area contributed by atoms with Crippen LogP contribution in [0.1, 0.15) is 27.6 Å². The van der Waals surface area contributed by atoms with E-state index in [1.165, 1.54) is 0 Å². The summed E-state index contributed by atoms with van der Waals surface area (Å²) in [6, 6.07) is 23.7. The van der Waals surface area contributed by atoms with Crippen LogP contribution in [0.4, 0.5) is 0 Å². The van der Waals surface area contributed by atoms with Crippen LogP contribution in [0.3, 0.4) is 0 Å². The molecule has 3 aromatic carbocycles. The smallest absolute Gasteiger partial charge is 0.339 e. The van der Waals surface area contributed by atoms with Gasteiger partial charge >= 0.3 is 5.97 Å². The highest BCUT2D eigenvalue weighted by Gasteiger charge is 2.22. The summed E-state index contributed by atoms with van der Waals surface area (Å²) in [5, 5.41) is 0.773. The number of aromatic nitrogens is 1. The molecule has 1 heterocycles. The first-order valence-electron chi connectivity index (χ1n) is 9.94. The zero-order valence-electron chi connectivity index (χ0n) is 17.0. The predicted octanol–water partition coefficient (Wildman–Crippen LogP) is 5.00. The Labute approximate surface area is 182 Å². The van der Waals surface area contributed by atoms with E-state index in [4.69, 9.17) is 4.74 Å². The van der Waals surface area contributed by atoms with Crippen molar-refractivity contribution in [3.05, 3.63) is 90.0 Å². The van der Waals surface area contributed by atoms with Crippen LogP contribution in [0.25, 0.3) is 22.2 Å². The highest BCUT2D eigenvalue weighted by Crippen LogP contribution is 2.30. The minimum absolute atomic E-state index is 0.220. The second kappa shape index (κ2) is 9.10. The monoisotopic (exact) mass is 431 g/mol. The highest BCUT2D eigenvalue weighted by atomic mass is 32.2. The summed E-state index contributed by atoms with van der Waals surface area (Å²) in [5.41, 5.74) is 3.10. The first kappa shape index (κ1) is 20.8. The van der Waals surface area contributed by atoms with Gasteiger partial charge in [0, 0.05) is 16.7 Å². The van der Waals surface area contributed by atoms with Crippen molar-refractivity contribution in [3.63, 3.8) is 0 Å². The molecule has 0 unspecified atom stereocenters. The lowest BCUT2D eigenvalue weighted by Gasteiger charge is -2.09. The third-order valence-corrected chi connectivity index (χ3v) is 6.37. The summed E-state index contributed by atoms with van der Waals surface area (Å²) >= 11 is 0. The van der Waals surface area contributed by atoms with Gasteiger partial charge < -0.3 is 9.72 Å². The van der Waals surface area contributed by atoms with Gasteiger partial charge in [0.1, 0.15) is 0 Å². The normalized spacial score (nSPS) is 11.9. The maximum Gasteiger partial charge on any atom is 0.339 e. The number of esters is 1. The molecule has 0 aliphatic rings. The van der Waals surface area contributed by atoms with Gasteiger partial charge in [-0.15, -0.1) is 0 Å². The van der Waals surface area contributed by atoms with Gasteiger partial charge in [0.2, 0.25) is 5.78 Å². The molecule has 4 rings (SSSR count). The third kappa shape index (κ3) is 4.20. The Morgan fingerprint density at radius 3 is 2.35 bits per heavy atom. The Morgan fingerprint density at radius 2 is 1.58 bits per heavy atom. The number of ketones is 1. The molecule has 0 aliphatic heterocycles. The molecular formula is C25H21NO4S. The minimum Gasteiger partial charge on any atom is -0.454 e. The largest absolute Gasteiger partial charge is 0.454 e. The number of rotatable bonds is 7. The number of carbonyl (C=O) groups is 2. The Bertz CT molecular complexity index is 1280. The van der Waals surface area contributed by atoms with Crippen LogP contribution < -0.4 is 0 Å². The molecule has 1 atom stereocenters. The Morgan fingerprint density at radius 1 is 0.903 bits per heavy atom. The highest BCUT2D eigenvalue weighted by molar-refractivity contribution is 7.85. The average Bonchev–Trinajstić information content (AvgIpc) is 3.22. The molecule has 0 radical (unpaired) electrons. The van der Waals surface area contributed by atoms with Crippen molar-refractivity contribution < 1.29 is 18.5 Å². The molecule has 156 valence electrons. The van der Waals surface area contributed by atoms with Crippen LogP contribution in [-0.4, -0.2) is 33.3 Å². The first-order valence-corrected chi connectivity index (χ1v) is 11.3. The number of hydrogen-bond acceptors (Lipinski definition) is 4. The molecule has 0 amide bonds. The Kier molecular flexibility index (Phi) is 6.09. The van der Waals surface area contributed by atoms with Crippen molar-refractivity contribution >= 4 is 33.5 Å². The van der Waals surface area contributed by atoms with E-state index in [0.717, 1.165) is 16.5 Å². The number of para-hydroxylation sites is 1. The molecule has 1 aromatic heterocycles. The minimum atomic E-state index is -1.30. The van der Waals surface area contributed by atoms with Crippen molar-refractivity contribution in [2.45, 2.75) is 11.8 Å². The maximum absolute atomic E-state index is 13.2. The fourth-order valence-corrected chi connectivity index (χ4v) is 4.46. The van der Waals surface area contributed by atoms with Gasteiger partial charge in [-0.05, 0) is 23.8 Å². The van der Waals surface area contributed by atoms with E-state index in [2.05, 4.69) is 4.98 Å². The van der Waals surface area contributed by atoms with E-state index < -0.39 is 23.4 Å². The molecular weight excluding hydrogens is 410 g/mol. The van der Waals surface area contributed by atoms with Crippen molar-refractivity contribution in [3.8, 4) is 11.3 Å². The lowest BCUT2D eigenvalue weighted by atomic mass is 10.0. The van der Waals surface area contributed by atoms with Crippen LogP contribution in [0.2, 0.25) is 0 Å². The Hall–Kier alpha value is -3.51. The maximum atomic E-state index is 13.2. The molecule has 0 aliphatic carbocycles. The molecule has 0 bridgehead atoms. The second-order valence-corrected chi connectivity index (χ2v) is 8.62. The van der Waals surface area contributed by atoms with Crippen LogP contribution in [0.5, 0.6) is 0 Å². The number of aromatic amines is 1. The molecule has 6 heteroatoms. The number of nitrogens with one attached hydrogen (secondary N) is 1. The number of Topliss-reactive ketones (excluding diaryl/α,β-unsaturated/α-hetero) is 1. The number of benzene rings is 3. The summed E-state index contributed by atoms with van der Waals surface area (Å²) in [6.07, 6.45) is 0. The van der Waals surface area contributed by atoms with Crippen LogP contribution in [-0.2, 0) is 15.5 Å². The molecule has 1 N–H and O–H groups in total. The van der Waals surface area contributed by atoms with Crippen LogP contribution >= 0.6 is 0 Å². The lowest BCUT2D eigenvalue weighted by Crippen LogP contribution is -2.16. The van der Waals surface area contributed by atoms with E-state index in [0.29, 0.717) is 21.9 Å². The van der Waals surface area contributed by atoms with E-state index in [-0.39, 0.29) is 11.3 Å². The lowest BCUT2D eigenvalue weighted by molar-refractivity contribution is 0.0471. The zero-order chi connectivity index (χ0) is 21.8. The average molecular weight is 432 g/mol. The van der Waals surface area contributed by atoms with E-state index in [1.54, 1.807) is 31.2 Å². The van der Waals surface area contributed by atoms with E-state index in [1.807, 2.05) is 54.6 Å². The summed E-state index contributed by atoms with van der Waals surface area (Å²) in [4.78, 5) is 29.6. The standard InChI is InChI=1S/C25H21NO4S/c1-2-31(29)22-15-9-7-13-19(22)25(28)30-16-21(27)23-18-12-6-8-14-20(18)26-24(23)17-10-4-3-5-11-17/h3-15,26H,2,16H2,1H3/t31-/m0/s1. The molecule has 0 saturated heterocycles.